The van der Waals surface area contributed by atoms with Gasteiger partial charge in [0.15, 0.2) is 5.82 Å². The quantitative estimate of drug-likeness (QED) is 0.466. The van der Waals surface area contributed by atoms with Crippen molar-refractivity contribution in [3.05, 3.63) is 89.9 Å². The fourth-order valence-electron chi connectivity index (χ4n) is 4.18. The van der Waals surface area contributed by atoms with Gasteiger partial charge in [-0.2, -0.15) is 0 Å². The molecule has 0 saturated heterocycles. The molecule has 4 aromatic rings. The van der Waals surface area contributed by atoms with Gasteiger partial charge in [0, 0.05) is 53.8 Å². The van der Waals surface area contributed by atoms with Crippen LogP contribution in [0.3, 0.4) is 0 Å². The highest BCUT2D eigenvalue weighted by molar-refractivity contribution is 5.90. The van der Waals surface area contributed by atoms with Gasteiger partial charge >= 0.3 is 6.03 Å². The van der Waals surface area contributed by atoms with Crippen LogP contribution < -0.4 is 10.1 Å². The molecule has 2 amide bonds. The predicted octanol–water partition coefficient (Wildman–Crippen LogP) is 5.11. The first kappa shape index (κ1) is 21.6. The number of urea groups is 1. The zero-order valence-electron chi connectivity index (χ0n) is 19.2. The lowest BCUT2D eigenvalue weighted by Gasteiger charge is -2.30. The number of methoxy groups -OCH3 is 1. The molecule has 0 fully saturated rings. The predicted molar refractivity (Wildman–Crippen MR) is 132 cm³/mol. The largest absolute Gasteiger partial charge is 0.497 e. The second-order valence-corrected chi connectivity index (χ2v) is 8.21. The van der Waals surface area contributed by atoms with Crippen LogP contribution in [0, 0.1) is 6.92 Å². The first-order valence-electron chi connectivity index (χ1n) is 11.2. The molecule has 0 aliphatic carbocycles. The molecular formula is C27H25N5O2. The minimum atomic E-state index is -0.161. The number of anilines is 1. The van der Waals surface area contributed by atoms with E-state index in [4.69, 9.17) is 14.7 Å². The van der Waals surface area contributed by atoms with Crippen molar-refractivity contribution < 1.29 is 9.53 Å². The zero-order chi connectivity index (χ0) is 23.5. The summed E-state index contributed by atoms with van der Waals surface area (Å²) in [7, 11) is 1.61. The van der Waals surface area contributed by atoms with Crippen molar-refractivity contribution in [3.63, 3.8) is 0 Å². The maximum atomic E-state index is 13.1. The molecule has 1 aliphatic heterocycles. The number of aromatic nitrogens is 3. The van der Waals surface area contributed by atoms with E-state index in [0.717, 1.165) is 33.6 Å². The van der Waals surface area contributed by atoms with E-state index >= 15 is 0 Å². The molecule has 0 unspecified atom stereocenters. The van der Waals surface area contributed by atoms with Gasteiger partial charge in [0.05, 0.1) is 25.0 Å². The number of nitrogens with zero attached hydrogens (tertiary/aromatic N) is 4. The molecule has 1 aliphatic rings. The summed E-state index contributed by atoms with van der Waals surface area (Å²) in [5, 5.41) is 2.98. The number of carbonyl (C=O) groups is 1. The fraction of sp³-hybridized carbons (Fsp3) is 0.185. The third kappa shape index (κ3) is 4.32. The first-order valence-corrected chi connectivity index (χ1v) is 11.2. The summed E-state index contributed by atoms with van der Waals surface area (Å²) in [4.78, 5) is 29.0. The molecule has 0 saturated carbocycles. The molecule has 7 heteroatoms. The SMILES string of the molecule is COc1cccc(NC(=O)N2CCc3nc(-c4cccnc4)nc(-c4ccccc4C)c3C2)c1. The zero-order valence-corrected chi connectivity index (χ0v) is 19.2. The standard InChI is InChI=1S/C27H25N5O2/c1-18-7-3-4-11-22(18)25-23-17-32(27(33)29-20-9-5-10-21(15-20)34-2)14-12-24(23)30-26(31-25)19-8-6-13-28-16-19/h3-11,13,15-16H,12,14,17H2,1-2H3,(H,29,33). The Morgan fingerprint density at radius 1 is 1.06 bits per heavy atom. The number of carbonyl (C=O) groups excluding carboxylic acids is 1. The van der Waals surface area contributed by atoms with Crippen LogP contribution in [-0.4, -0.2) is 39.5 Å². The average molecular weight is 452 g/mol. The van der Waals surface area contributed by atoms with Crippen molar-refractivity contribution in [1.82, 2.24) is 19.9 Å². The summed E-state index contributed by atoms with van der Waals surface area (Å²) in [5.41, 5.74) is 6.54. The van der Waals surface area contributed by atoms with E-state index in [2.05, 4.69) is 29.4 Å². The molecule has 2 aromatic carbocycles. The van der Waals surface area contributed by atoms with E-state index < -0.39 is 0 Å². The number of benzene rings is 2. The number of pyridine rings is 1. The first-order chi connectivity index (χ1) is 16.6. The third-order valence-electron chi connectivity index (χ3n) is 5.99. The van der Waals surface area contributed by atoms with Crippen LogP contribution in [0.25, 0.3) is 22.6 Å². The summed E-state index contributed by atoms with van der Waals surface area (Å²) in [6.07, 6.45) is 4.17. The highest BCUT2D eigenvalue weighted by Crippen LogP contribution is 2.32. The smallest absolute Gasteiger partial charge is 0.322 e. The number of ether oxygens (including phenoxy) is 1. The topological polar surface area (TPSA) is 80.2 Å². The average Bonchev–Trinajstić information content (AvgIpc) is 2.88. The summed E-state index contributed by atoms with van der Waals surface area (Å²) in [5.74, 6) is 1.35. The molecule has 0 bridgehead atoms. The number of aryl methyl sites for hydroxylation is 1. The minimum absolute atomic E-state index is 0.161. The molecular weight excluding hydrogens is 426 g/mol. The molecule has 0 atom stereocenters. The summed E-state index contributed by atoms with van der Waals surface area (Å²) in [6, 6.07) is 19.2. The van der Waals surface area contributed by atoms with Crippen molar-refractivity contribution in [2.24, 2.45) is 0 Å². The molecule has 3 heterocycles. The van der Waals surface area contributed by atoms with E-state index in [1.54, 1.807) is 30.5 Å². The lowest BCUT2D eigenvalue weighted by Crippen LogP contribution is -2.39. The van der Waals surface area contributed by atoms with E-state index in [9.17, 15) is 4.79 Å². The van der Waals surface area contributed by atoms with Crippen LogP contribution in [0.15, 0.2) is 73.1 Å². The highest BCUT2D eigenvalue weighted by Gasteiger charge is 2.27. The van der Waals surface area contributed by atoms with Crippen molar-refractivity contribution in [2.45, 2.75) is 19.9 Å². The minimum Gasteiger partial charge on any atom is -0.497 e. The van der Waals surface area contributed by atoms with Crippen molar-refractivity contribution in [3.8, 4) is 28.4 Å². The number of nitrogens with one attached hydrogen (secondary N) is 1. The Bertz CT molecular complexity index is 1340. The number of rotatable bonds is 4. The molecule has 0 spiro atoms. The van der Waals surface area contributed by atoms with E-state index in [-0.39, 0.29) is 6.03 Å². The van der Waals surface area contributed by atoms with Gasteiger partial charge in [0.2, 0.25) is 0 Å². The monoisotopic (exact) mass is 451 g/mol. The van der Waals surface area contributed by atoms with E-state index in [0.29, 0.717) is 36.8 Å². The maximum absolute atomic E-state index is 13.1. The Morgan fingerprint density at radius 2 is 1.94 bits per heavy atom. The number of amides is 2. The summed E-state index contributed by atoms with van der Waals surface area (Å²) >= 11 is 0. The Hall–Kier alpha value is -4.26. The second-order valence-electron chi connectivity index (χ2n) is 8.21. The van der Waals surface area contributed by atoms with E-state index in [1.807, 2.05) is 42.5 Å². The van der Waals surface area contributed by atoms with Crippen LogP contribution in [0.1, 0.15) is 16.8 Å². The van der Waals surface area contributed by atoms with Crippen LogP contribution >= 0.6 is 0 Å². The van der Waals surface area contributed by atoms with Crippen molar-refractivity contribution in [2.75, 3.05) is 19.0 Å². The number of hydrogen-bond donors (Lipinski definition) is 1. The van der Waals surface area contributed by atoms with Gasteiger partial charge in [-0.05, 0) is 36.8 Å². The van der Waals surface area contributed by atoms with Gasteiger partial charge in [-0.25, -0.2) is 14.8 Å². The molecule has 34 heavy (non-hydrogen) atoms. The van der Waals surface area contributed by atoms with Crippen LogP contribution in [-0.2, 0) is 13.0 Å². The van der Waals surface area contributed by atoms with Gasteiger partial charge in [-0.15, -0.1) is 0 Å². The van der Waals surface area contributed by atoms with Gasteiger partial charge in [-0.1, -0.05) is 30.3 Å². The summed E-state index contributed by atoms with van der Waals surface area (Å²) in [6.45, 7) is 3.07. The molecule has 5 rings (SSSR count). The third-order valence-corrected chi connectivity index (χ3v) is 5.99. The molecule has 7 nitrogen and oxygen atoms in total. The van der Waals surface area contributed by atoms with Crippen LogP contribution in [0.2, 0.25) is 0 Å². The van der Waals surface area contributed by atoms with Crippen molar-refractivity contribution in [1.29, 1.82) is 0 Å². The fourth-order valence-corrected chi connectivity index (χ4v) is 4.18. The normalized spacial score (nSPS) is 12.7. The Kier molecular flexibility index (Phi) is 5.91. The van der Waals surface area contributed by atoms with E-state index in [1.165, 1.54) is 0 Å². The second kappa shape index (κ2) is 9.31. The molecule has 1 N–H and O–H groups in total. The van der Waals surface area contributed by atoms with Crippen molar-refractivity contribution >= 4 is 11.7 Å². The van der Waals surface area contributed by atoms with Gasteiger partial charge in [-0.3, -0.25) is 4.98 Å². The number of hydrogen-bond acceptors (Lipinski definition) is 5. The van der Waals surface area contributed by atoms with Gasteiger partial charge in [0.25, 0.3) is 0 Å². The maximum Gasteiger partial charge on any atom is 0.322 e. The van der Waals surface area contributed by atoms with Crippen LogP contribution in [0.5, 0.6) is 5.75 Å². The summed E-state index contributed by atoms with van der Waals surface area (Å²) < 4.78 is 5.27. The highest BCUT2D eigenvalue weighted by atomic mass is 16.5. The lowest BCUT2D eigenvalue weighted by atomic mass is 9.96. The lowest BCUT2D eigenvalue weighted by molar-refractivity contribution is 0.206. The molecule has 2 aromatic heterocycles. The van der Waals surface area contributed by atoms with Gasteiger partial charge < -0.3 is 15.0 Å². The number of fused-ring (bicyclic) bond motifs is 1. The Morgan fingerprint density at radius 3 is 2.74 bits per heavy atom. The molecule has 0 radical (unpaired) electrons. The Balaban J connectivity index is 1.51. The Labute approximate surface area is 198 Å². The van der Waals surface area contributed by atoms with Gasteiger partial charge in [0.1, 0.15) is 5.75 Å². The molecule has 170 valence electrons. The van der Waals surface area contributed by atoms with Crippen LogP contribution in [0.4, 0.5) is 10.5 Å².